The summed E-state index contributed by atoms with van der Waals surface area (Å²) >= 11 is 0. The number of nitrogens with two attached hydrogens (primary N) is 1. The van der Waals surface area contributed by atoms with E-state index in [9.17, 15) is 5.11 Å². The van der Waals surface area contributed by atoms with Crippen LogP contribution in [0.4, 0.5) is 0 Å². The quantitative estimate of drug-likeness (QED) is 0.719. The highest BCUT2D eigenvalue weighted by molar-refractivity contribution is 5.36. The van der Waals surface area contributed by atoms with Crippen LogP contribution < -0.4 is 5.73 Å². The molecule has 68 valence electrons. The van der Waals surface area contributed by atoms with Crippen LogP contribution in [0, 0.1) is 18.3 Å². The Morgan fingerprint density at radius 2 is 2.31 bits per heavy atom. The highest BCUT2D eigenvalue weighted by Gasteiger charge is 2.06. The van der Waals surface area contributed by atoms with Gasteiger partial charge >= 0.3 is 0 Å². The molecule has 0 heterocycles. The molecular formula is C10H12N2O. The molecular weight excluding hydrogens is 164 g/mol. The smallest absolute Gasteiger partial charge is 0.118 e. The summed E-state index contributed by atoms with van der Waals surface area (Å²) in [5.74, 6) is 0.257. The number of nitrogens with zero attached hydrogens (tertiary/aromatic N) is 1. The zero-order valence-electron chi connectivity index (χ0n) is 7.49. The Morgan fingerprint density at radius 3 is 2.85 bits per heavy atom. The van der Waals surface area contributed by atoms with Gasteiger partial charge in [0.15, 0.2) is 0 Å². The first kappa shape index (κ1) is 9.56. The first-order chi connectivity index (χ1) is 6.15. The van der Waals surface area contributed by atoms with E-state index in [-0.39, 0.29) is 11.8 Å². The van der Waals surface area contributed by atoms with Crippen LogP contribution in [0.5, 0.6) is 5.75 Å². The number of nitriles is 1. The number of phenols is 1. The van der Waals surface area contributed by atoms with Crippen molar-refractivity contribution in [2.45, 2.75) is 19.4 Å². The second-order valence-corrected chi connectivity index (χ2v) is 3.01. The zero-order valence-corrected chi connectivity index (χ0v) is 7.49. The summed E-state index contributed by atoms with van der Waals surface area (Å²) in [5, 5.41) is 17.7. The maximum Gasteiger partial charge on any atom is 0.118 e. The molecule has 0 bridgehead atoms. The Hall–Kier alpha value is -1.53. The van der Waals surface area contributed by atoms with Crippen molar-refractivity contribution in [3.8, 4) is 11.8 Å². The topological polar surface area (TPSA) is 70.0 Å². The van der Waals surface area contributed by atoms with Gasteiger partial charge in [0.25, 0.3) is 0 Å². The summed E-state index contributed by atoms with van der Waals surface area (Å²) in [6, 6.07) is 6.90. The molecule has 0 radical (unpaired) electrons. The second kappa shape index (κ2) is 3.92. The minimum atomic E-state index is -0.260. The number of hydrogen-bond acceptors (Lipinski definition) is 3. The van der Waals surface area contributed by atoms with Crippen molar-refractivity contribution in [1.82, 2.24) is 0 Å². The van der Waals surface area contributed by atoms with Gasteiger partial charge in [0.2, 0.25) is 0 Å². The van der Waals surface area contributed by atoms with Crippen LogP contribution in [0.1, 0.15) is 23.6 Å². The lowest BCUT2D eigenvalue weighted by atomic mass is 10.0. The SMILES string of the molecule is Cc1cc(C(N)CC#N)ccc1O. The van der Waals surface area contributed by atoms with Gasteiger partial charge < -0.3 is 10.8 Å². The fourth-order valence-corrected chi connectivity index (χ4v) is 1.13. The van der Waals surface area contributed by atoms with Crippen molar-refractivity contribution in [2.24, 2.45) is 5.73 Å². The van der Waals surface area contributed by atoms with Gasteiger partial charge in [0, 0.05) is 6.04 Å². The van der Waals surface area contributed by atoms with Gasteiger partial charge in [-0.15, -0.1) is 0 Å². The van der Waals surface area contributed by atoms with Gasteiger partial charge in [-0.2, -0.15) is 5.26 Å². The van der Waals surface area contributed by atoms with E-state index in [1.54, 1.807) is 25.1 Å². The van der Waals surface area contributed by atoms with Crippen LogP contribution in [-0.4, -0.2) is 5.11 Å². The number of aryl methyl sites for hydroxylation is 1. The number of benzene rings is 1. The lowest BCUT2D eigenvalue weighted by Crippen LogP contribution is -2.09. The maximum atomic E-state index is 9.25. The fraction of sp³-hybridized carbons (Fsp3) is 0.300. The standard InChI is InChI=1S/C10H12N2O/c1-7-6-8(2-3-10(7)13)9(12)4-5-11/h2-3,6,9,13H,4,12H2,1H3. The first-order valence-electron chi connectivity index (χ1n) is 4.07. The molecule has 0 aromatic heterocycles. The molecule has 0 amide bonds. The predicted octanol–water partition coefficient (Wildman–Crippen LogP) is 1.61. The number of hydrogen-bond donors (Lipinski definition) is 2. The van der Waals surface area contributed by atoms with E-state index in [0.717, 1.165) is 11.1 Å². The van der Waals surface area contributed by atoms with E-state index in [1.165, 1.54) is 0 Å². The van der Waals surface area contributed by atoms with E-state index in [2.05, 4.69) is 0 Å². The van der Waals surface area contributed by atoms with Crippen LogP contribution in [-0.2, 0) is 0 Å². The third kappa shape index (κ3) is 2.20. The first-order valence-corrected chi connectivity index (χ1v) is 4.07. The van der Waals surface area contributed by atoms with E-state index in [1.807, 2.05) is 6.07 Å². The lowest BCUT2D eigenvalue weighted by Gasteiger charge is -2.09. The highest BCUT2D eigenvalue weighted by atomic mass is 16.3. The molecule has 13 heavy (non-hydrogen) atoms. The minimum Gasteiger partial charge on any atom is -0.508 e. The van der Waals surface area contributed by atoms with Crippen LogP contribution >= 0.6 is 0 Å². The summed E-state index contributed by atoms with van der Waals surface area (Å²) < 4.78 is 0. The Morgan fingerprint density at radius 1 is 1.62 bits per heavy atom. The van der Waals surface area contributed by atoms with Crippen LogP contribution in [0.15, 0.2) is 18.2 Å². The molecule has 0 aliphatic carbocycles. The van der Waals surface area contributed by atoms with Gasteiger partial charge in [-0.3, -0.25) is 0 Å². The summed E-state index contributed by atoms with van der Waals surface area (Å²) in [4.78, 5) is 0. The Balaban J connectivity index is 2.91. The molecule has 0 saturated heterocycles. The molecule has 0 saturated carbocycles. The molecule has 1 aromatic carbocycles. The molecule has 0 aliphatic rings. The van der Waals surface area contributed by atoms with E-state index in [4.69, 9.17) is 11.0 Å². The van der Waals surface area contributed by atoms with Gasteiger partial charge in [-0.25, -0.2) is 0 Å². The Kier molecular flexibility index (Phi) is 2.88. The van der Waals surface area contributed by atoms with Gasteiger partial charge in [0.1, 0.15) is 5.75 Å². The van der Waals surface area contributed by atoms with Crippen molar-refractivity contribution >= 4 is 0 Å². The third-order valence-electron chi connectivity index (χ3n) is 1.96. The fourth-order valence-electron chi connectivity index (χ4n) is 1.13. The van der Waals surface area contributed by atoms with Crippen molar-refractivity contribution in [2.75, 3.05) is 0 Å². The molecule has 1 rings (SSSR count). The van der Waals surface area contributed by atoms with Crippen molar-refractivity contribution in [3.05, 3.63) is 29.3 Å². The largest absolute Gasteiger partial charge is 0.508 e. The average Bonchev–Trinajstić information content (AvgIpc) is 2.10. The summed E-state index contributed by atoms with van der Waals surface area (Å²) in [6.45, 7) is 1.80. The van der Waals surface area contributed by atoms with E-state index >= 15 is 0 Å². The molecule has 3 heteroatoms. The molecule has 1 aromatic rings. The van der Waals surface area contributed by atoms with Crippen LogP contribution in [0.3, 0.4) is 0 Å². The molecule has 0 aliphatic heterocycles. The average molecular weight is 176 g/mol. The Labute approximate surface area is 77.4 Å². The van der Waals surface area contributed by atoms with Crippen molar-refractivity contribution in [1.29, 1.82) is 5.26 Å². The molecule has 3 N–H and O–H groups in total. The molecule has 3 nitrogen and oxygen atoms in total. The van der Waals surface area contributed by atoms with Crippen molar-refractivity contribution < 1.29 is 5.11 Å². The zero-order chi connectivity index (χ0) is 9.84. The Bertz CT molecular complexity index is 341. The summed E-state index contributed by atoms with van der Waals surface area (Å²) in [6.07, 6.45) is 0.296. The van der Waals surface area contributed by atoms with Crippen LogP contribution in [0.2, 0.25) is 0 Å². The summed E-state index contributed by atoms with van der Waals surface area (Å²) in [5.41, 5.74) is 7.39. The third-order valence-corrected chi connectivity index (χ3v) is 1.96. The van der Waals surface area contributed by atoms with Gasteiger partial charge in [-0.05, 0) is 24.1 Å². The summed E-state index contributed by atoms with van der Waals surface area (Å²) in [7, 11) is 0. The van der Waals surface area contributed by atoms with Crippen LogP contribution in [0.25, 0.3) is 0 Å². The molecule has 0 spiro atoms. The normalized spacial score (nSPS) is 12.1. The minimum absolute atomic E-state index is 0.257. The number of aromatic hydroxyl groups is 1. The van der Waals surface area contributed by atoms with Gasteiger partial charge in [-0.1, -0.05) is 12.1 Å². The molecule has 1 atom stereocenters. The molecule has 0 fully saturated rings. The molecule has 1 unspecified atom stereocenters. The lowest BCUT2D eigenvalue weighted by molar-refractivity contribution is 0.470. The number of phenolic OH excluding ortho intramolecular Hbond substituents is 1. The maximum absolute atomic E-state index is 9.25. The highest BCUT2D eigenvalue weighted by Crippen LogP contribution is 2.21. The predicted molar refractivity (Wildman–Crippen MR) is 50.0 cm³/mol. The van der Waals surface area contributed by atoms with Gasteiger partial charge in [0.05, 0.1) is 12.5 Å². The van der Waals surface area contributed by atoms with E-state index in [0.29, 0.717) is 6.42 Å². The van der Waals surface area contributed by atoms with Crippen molar-refractivity contribution in [3.63, 3.8) is 0 Å². The monoisotopic (exact) mass is 176 g/mol. The second-order valence-electron chi connectivity index (χ2n) is 3.01. The number of rotatable bonds is 2. The van der Waals surface area contributed by atoms with E-state index < -0.39 is 0 Å².